The summed E-state index contributed by atoms with van der Waals surface area (Å²) in [5, 5.41) is 3.86. The predicted molar refractivity (Wildman–Crippen MR) is 67.5 cm³/mol. The van der Waals surface area contributed by atoms with Gasteiger partial charge in [-0.3, -0.25) is 0 Å². The van der Waals surface area contributed by atoms with E-state index in [1.54, 1.807) is 0 Å². The molecule has 0 bridgehead atoms. The van der Waals surface area contributed by atoms with Crippen LogP contribution in [0.25, 0.3) is 0 Å². The van der Waals surface area contributed by atoms with Crippen LogP contribution in [0.5, 0.6) is 0 Å². The zero-order chi connectivity index (χ0) is 12.0. The van der Waals surface area contributed by atoms with Gasteiger partial charge >= 0.3 is 0 Å². The Morgan fingerprint density at radius 3 is 2.19 bits per heavy atom. The van der Waals surface area contributed by atoms with Gasteiger partial charge in [-0.2, -0.15) is 0 Å². The van der Waals surface area contributed by atoms with Crippen LogP contribution in [0.1, 0.15) is 53.4 Å². The first kappa shape index (κ1) is 12.4. The van der Waals surface area contributed by atoms with Gasteiger partial charge in [0.1, 0.15) is 0 Å². The highest BCUT2D eigenvalue weighted by Gasteiger charge is 2.64. The Balaban J connectivity index is 1.87. The molecule has 2 aliphatic carbocycles. The van der Waals surface area contributed by atoms with Gasteiger partial charge in [0.2, 0.25) is 0 Å². The van der Waals surface area contributed by atoms with Crippen molar-refractivity contribution in [2.24, 2.45) is 10.8 Å². The Bertz CT molecular complexity index is 245. The lowest BCUT2D eigenvalue weighted by Gasteiger charge is -2.29. The quantitative estimate of drug-likeness (QED) is 0.797. The first-order valence-corrected chi connectivity index (χ1v) is 6.68. The largest absolute Gasteiger partial charge is 0.381 e. The highest BCUT2D eigenvalue weighted by molar-refractivity contribution is 5.18. The molecule has 94 valence electrons. The molecule has 0 radical (unpaired) electrons. The second kappa shape index (κ2) is 3.99. The first-order valence-electron chi connectivity index (χ1n) is 6.68. The number of hydrogen-bond acceptors (Lipinski definition) is 2. The number of nitrogens with one attached hydrogen (secondary N) is 1. The summed E-state index contributed by atoms with van der Waals surface area (Å²) in [6, 6.07) is 1.35. The van der Waals surface area contributed by atoms with Crippen LogP contribution in [-0.2, 0) is 4.74 Å². The van der Waals surface area contributed by atoms with Crippen molar-refractivity contribution < 1.29 is 4.74 Å². The minimum Gasteiger partial charge on any atom is -0.381 e. The van der Waals surface area contributed by atoms with Crippen molar-refractivity contribution in [1.82, 2.24) is 5.32 Å². The summed E-state index contributed by atoms with van der Waals surface area (Å²) in [5.41, 5.74) is 0.903. The Kier molecular flexibility index (Phi) is 3.09. The molecule has 2 fully saturated rings. The third kappa shape index (κ3) is 1.91. The molecule has 2 aliphatic rings. The number of rotatable bonds is 3. The van der Waals surface area contributed by atoms with E-state index in [9.17, 15) is 0 Å². The van der Waals surface area contributed by atoms with Crippen molar-refractivity contribution >= 4 is 0 Å². The summed E-state index contributed by atoms with van der Waals surface area (Å²) in [5.74, 6) is 0. The van der Waals surface area contributed by atoms with Crippen molar-refractivity contribution in [3.63, 3.8) is 0 Å². The molecule has 0 aromatic rings. The van der Waals surface area contributed by atoms with Crippen molar-refractivity contribution in [2.45, 2.75) is 71.6 Å². The Labute approximate surface area is 100 Å². The second-order valence-electron chi connectivity index (χ2n) is 6.76. The van der Waals surface area contributed by atoms with Crippen LogP contribution < -0.4 is 5.32 Å². The van der Waals surface area contributed by atoms with Gasteiger partial charge in [0.05, 0.1) is 6.10 Å². The fraction of sp³-hybridized carbons (Fsp3) is 1.00. The fourth-order valence-corrected chi connectivity index (χ4v) is 3.36. The summed E-state index contributed by atoms with van der Waals surface area (Å²) in [7, 11) is 1.85. The topological polar surface area (TPSA) is 21.3 Å². The lowest BCUT2D eigenvalue weighted by molar-refractivity contribution is 0.0578. The number of ether oxygens (including phenoxy) is 1. The van der Waals surface area contributed by atoms with Crippen molar-refractivity contribution in [3.8, 4) is 0 Å². The van der Waals surface area contributed by atoms with E-state index in [0.717, 1.165) is 0 Å². The summed E-state index contributed by atoms with van der Waals surface area (Å²) in [4.78, 5) is 0. The molecule has 2 unspecified atom stereocenters. The van der Waals surface area contributed by atoms with E-state index in [2.05, 4.69) is 33.0 Å². The minimum absolute atomic E-state index is 0.451. The Morgan fingerprint density at radius 1 is 1.06 bits per heavy atom. The molecule has 2 rings (SSSR count). The van der Waals surface area contributed by atoms with E-state index < -0.39 is 0 Å². The molecular formula is C14H27NO. The number of methoxy groups -OCH3 is 1. The average molecular weight is 225 g/mol. The molecule has 2 saturated carbocycles. The molecule has 16 heavy (non-hydrogen) atoms. The van der Waals surface area contributed by atoms with Gasteiger partial charge in [0, 0.05) is 19.2 Å². The van der Waals surface area contributed by atoms with Crippen LogP contribution in [-0.4, -0.2) is 25.3 Å². The molecule has 2 heteroatoms. The molecule has 0 saturated heterocycles. The maximum atomic E-state index is 5.49. The highest BCUT2D eigenvalue weighted by Crippen LogP contribution is 2.62. The van der Waals surface area contributed by atoms with Crippen LogP contribution in [0.15, 0.2) is 0 Å². The van der Waals surface area contributed by atoms with Gasteiger partial charge in [-0.15, -0.1) is 0 Å². The maximum absolute atomic E-state index is 5.49. The normalized spacial score (nSPS) is 37.3. The van der Waals surface area contributed by atoms with E-state index in [-0.39, 0.29) is 0 Å². The molecule has 0 aromatic heterocycles. The monoisotopic (exact) mass is 225 g/mol. The standard InChI is InChI=1S/C14H27NO/c1-13(2)12(14(13,3)4)15-10-7-6-8-11(9-10)16-5/h10-12,15H,6-9H2,1-5H3. The lowest BCUT2D eigenvalue weighted by atomic mass is 9.92. The number of hydrogen-bond donors (Lipinski definition) is 1. The van der Waals surface area contributed by atoms with E-state index in [1.807, 2.05) is 7.11 Å². The second-order valence-corrected chi connectivity index (χ2v) is 6.76. The average Bonchev–Trinajstić information content (AvgIpc) is 2.61. The van der Waals surface area contributed by atoms with Crippen LogP contribution in [0.4, 0.5) is 0 Å². The smallest absolute Gasteiger partial charge is 0.0586 e. The molecule has 0 spiro atoms. The van der Waals surface area contributed by atoms with Crippen LogP contribution in [0.3, 0.4) is 0 Å². The third-order valence-corrected chi connectivity index (χ3v) is 5.38. The van der Waals surface area contributed by atoms with Gasteiger partial charge in [0.15, 0.2) is 0 Å². The van der Waals surface area contributed by atoms with Gasteiger partial charge in [0.25, 0.3) is 0 Å². The molecule has 2 atom stereocenters. The van der Waals surface area contributed by atoms with Gasteiger partial charge < -0.3 is 10.1 Å². The van der Waals surface area contributed by atoms with Gasteiger partial charge in [-0.05, 0) is 36.5 Å². The molecular weight excluding hydrogens is 198 g/mol. The molecule has 2 nitrogen and oxygen atoms in total. The summed E-state index contributed by atoms with van der Waals surface area (Å²) < 4.78 is 5.49. The van der Waals surface area contributed by atoms with E-state index in [0.29, 0.717) is 29.0 Å². The van der Waals surface area contributed by atoms with Gasteiger partial charge in [-0.1, -0.05) is 27.7 Å². The lowest BCUT2D eigenvalue weighted by Crippen LogP contribution is -2.39. The minimum atomic E-state index is 0.451. The zero-order valence-corrected chi connectivity index (χ0v) is 11.5. The van der Waals surface area contributed by atoms with E-state index in [4.69, 9.17) is 4.74 Å². The first-order chi connectivity index (χ1) is 7.39. The van der Waals surface area contributed by atoms with E-state index in [1.165, 1.54) is 25.7 Å². The predicted octanol–water partition coefficient (Wildman–Crippen LogP) is 2.97. The molecule has 0 amide bonds. The molecule has 0 aliphatic heterocycles. The fourth-order valence-electron chi connectivity index (χ4n) is 3.36. The SMILES string of the molecule is COC1CCCC(NC2C(C)(C)C2(C)C)C1. The van der Waals surface area contributed by atoms with Crippen LogP contribution >= 0.6 is 0 Å². The maximum Gasteiger partial charge on any atom is 0.0586 e. The van der Waals surface area contributed by atoms with Crippen LogP contribution in [0.2, 0.25) is 0 Å². The Morgan fingerprint density at radius 2 is 1.69 bits per heavy atom. The third-order valence-electron chi connectivity index (χ3n) is 5.38. The molecule has 1 N–H and O–H groups in total. The highest BCUT2D eigenvalue weighted by atomic mass is 16.5. The van der Waals surface area contributed by atoms with Crippen molar-refractivity contribution in [2.75, 3.05) is 7.11 Å². The van der Waals surface area contributed by atoms with E-state index >= 15 is 0 Å². The molecule has 0 heterocycles. The Hall–Kier alpha value is -0.0800. The van der Waals surface area contributed by atoms with Crippen molar-refractivity contribution in [3.05, 3.63) is 0 Å². The summed E-state index contributed by atoms with van der Waals surface area (Å²) in [6.07, 6.45) is 5.55. The molecule has 0 aromatic carbocycles. The zero-order valence-electron chi connectivity index (χ0n) is 11.5. The van der Waals surface area contributed by atoms with Crippen LogP contribution in [0, 0.1) is 10.8 Å². The van der Waals surface area contributed by atoms with Crippen molar-refractivity contribution in [1.29, 1.82) is 0 Å². The summed E-state index contributed by atoms with van der Waals surface area (Å²) in [6.45, 7) is 9.51. The summed E-state index contributed by atoms with van der Waals surface area (Å²) >= 11 is 0. The van der Waals surface area contributed by atoms with Gasteiger partial charge in [-0.25, -0.2) is 0 Å².